The number of nitrogens with one attached hydrogen (secondary N) is 1. The van der Waals surface area contributed by atoms with Crippen LogP contribution < -0.4 is 10.7 Å². The molecular weight excluding hydrogens is 270 g/mol. The Balaban J connectivity index is 2.02. The van der Waals surface area contributed by atoms with Crippen LogP contribution in [0.1, 0.15) is 10.6 Å². The van der Waals surface area contributed by atoms with Crippen LogP contribution >= 0.6 is 0 Å². The van der Waals surface area contributed by atoms with E-state index in [2.05, 4.69) is 11.4 Å². The molecule has 106 valence electrons. The number of nitrogens with zero attached hydrogens (tertiary/aromatic N) is 2. The summed E-state index contributed by atoms with van der Waals surface area (Å²) < 4.78 is 5.53. The molecule has 6 heteroatoms. The van der Waals surface area contributed by atoms with E-state index in [1.54, 1.807) is 24.3 Å². The van der Waals surface area contributed by atoms with E-state index in [0.717, 1.165) is 0 Å². The number of carbonyl (C=O) groups excluding carboxylic acids is 1. The van der Waals surface area contributed by atoms with Crippen molar-refractivity contribution in [1.82, 2.24) is 10.2 Å². The van der Waals surface area contributed by atoms with Crippen molar-refractivity contribution >= 4 is 16.9 Å². The molecule has 0 aliphatic carbocycles. The van der Waals surface area contributed by atoms with Crippen molar-refractivity contribution in [1.29, 1.82) is 5.26 Å². The summed E-state index contributed by atoms with van der Waals surface area (Å²) >= 11 is 0. The maximum atomic E-state index is 12.5. The molecule has 1 aromatic carbocycles. The second kappa shape index (κ2) is 5.38. The third kappa shape index (κ3) is 2.39. The molecule has 1 saturated heterocycles. The molecule has 1 atom stereocenters. The number of nitriles is 1. The number of benzene rings is 1. The number of piperazine rings is 1. The lowest BCUT2D eigenvalue weighted by atomic mass is 10.1. The molecule has 1 N–H and O–H groups in total. The molecule has 0 radical (unpaired) electrons. The van der Waals surface area contributed by atoms with Gasteiger partial charge in [-0.2, -0.15) is 5.26 Å². The number of rotatable bonds is 1. The van der Waals surface area contributed by atoms with Crippen LogP contribution in [0.2, 0.25) is 0 Å². The van der Waals surface area contributed by atoms with Gasteiger partial charge >= 0.3 is 0 Å². The topological polar surface area (TPSA) is 86.3 Å². The van der Waals surface area contributed by atoms with Crippen molar-refractivity contribution in [3.8, 4) is 6.07 Å². The highest BCUT2D eigenvalue weighted by atomic mass is 16.3. The van der Waals surface area contributed by atoms with Crippen molar-refractivity contribution < 1.29 is 9.21 Å². The maximum absolute atomic E-state index is 12.5. The van der Waals surface area contributed by atoms with Crippen LogP contribution in [0.5, 0.6) is 0 Å². The van der Waals surface area contributed by atoms with E-state index >= 15 is 0 Å². The van der Waals surface area contributed by atoms with Gasteiger partial charge in [-0.05, 0) is 12.1 Å². The summed E-state index contributed by atoms with van der Waals surface area (Å²) in [7, 11) is 0. The monoisotopic (exact) mass is 283 g/mol. The highest BCUT2D eigenvalue weighted by Crippen LogP contribution is 2.15. The molecular formula is C15H13N3O3. The molecule has 1 fully saturated rings. The van der Waals surface area contributed by atoms with Crippen LogP contribution in [-0.2, 0) is 0 Å². The van der Waals surface area contributed by atoms with Crippen LogP contribution in [0.4, 0.5) is 0 Å². The number of para-hydroxylation sites is 1. The average Bonchev–Trinajstić information content (AvgIpc) is 2.54. The van der Waals surface area contributed by atoms with Gasteiger partial charge in [0.1, 0.15) is 11.6 Å². The van der Waals surface area contributed by atoms with Crippen molar-refractivity contribution in [2.75, 3.05) is 19.6 Å². The first-order valence-electron chi connectivity index (χ1n) is 6.65. The molecule has 2 aromatic rings. The molecule has 0 saturated carbocycles. The molecule has 21 heavy (non-hydrogen) atoms. The average molecular weight is 283 g/mol. The number of carbonyl (C=O) groups is 1. The third-order valence-corrected chi connectivity index (χ3v) is 3.50. The quantitative estimate of drug-likeness (QED) is 0.833. The van der Waals surface area contributed by atoms with Crippen LogP contribution in [0.3, 0.4) is 0 Å². The van der Waals surface area contributed by atoms with Crippen molar-refractivity contribution in [2.45, 2.75) is 6.04 Å². The smallest absolute Gasteiger partial charge is 0.290 e. The van der Waals surface area contributed by atoms with Crippen molar-refractivity contribution in [3.63, 3.8) is 0 Å². The zero-order valence-corrected chi connectivity index (χ0v) is 11.2. The largest absolute Gasteiger partial charge is 0.451 e. The summed E-state index contributed by atoms with van der Waals surface area (Å²) in [6, 6.07) is 9.50. The Morgan fingerprint density at radius 1 is 1.43 bits per heavy atom. The van der Waals surface area contributed by atoms with Gasteiger partial charge in [0.15, 0.2) is 11.2 Å². The number of hydrogen-bond acceptors (Lipinski definition) is 5. The Labute approximate surface area is 120 Å². The van der Waals surface area contributed by atoms with Crippen molar-refractivity contribution in [3.05, 3.63) is 46.3 Å². The van der Waals surface area contributed by atoms with Crippen LogP contribution in [-0.4, -0.2) is 36.5 Å². The molecule has 1 aromatic heterocycles. The summed E-state index contributed by atoms with van der Waals surface area (Å²) in [4.78, 5) is 25.9. The SMILES string of the molecule is N#CC1CNCCN1C(=O)c1cc(=O)c2ccccc2o1. The lowest BCUT2D eigenvalue weighted by Gasteiger charge is -2.31. The molecule has 2 heterocycles. The fourth-order valence-electron chi connectivity index (χ4n) is 2.41. The van der Waals surface area contributed by atoms with Crippen LogP contribution in [0, 0.1) is 11.3 Å². The first-order chi connectivity index (χ1) is 10.2. The molecule has 6 nitrogen and oxygen atoms in total. The summed E-state index contributed by atoms with van der Waals surface area (Å²) in [5.41, 5.74) is 0.112. The van der Waals surface area contributed by atoms with Gasteiger partial charge in [0, 0.05) is 25.7 Å². The molecule has 0 bridgehead atoms. The lowest BCUT2D eigenvalue weighted by Crippen LogP contribution is -2.53. The summed E-state index contributed by atoms with van der Waals surface area (Å²) in [6.45, 7) is 1.44. The van der Waals surface area contributed by atoms with Gasteiger partial charge in [0.05, 0.1) is 11.5 Å². The molecule has 1 aliphatic rings. The van der Waals surface area contributed by atoms with E-state index in [1.807, 2.05) is 0 Å². The second-order valence-corrected chi connectivity index (χ2v) is 4.82. The molecule has 1 aliphatic heterocycles. The first-order valence-corrected chi connectivity index (χ1v) is 6.65. The van der Waals surface area contributed by atoms with Crippen molar-refractivity contribution in [2.24, 2.45) is 0 Å². The van der Waals surface area contributed by atoms with E-state index < -0.39 is 11.9 Å². The van der Waals surface area contributed by atoms with E-state index in [9.17, 15) is 9.59 Å². The maximum Gasteiger partial charge on any atom is 0.290 e. The zero-order valence-electron chi connectivity index (χ0n) is 11.2. The molecule has 1 unspecified atom stereocenters. The predicted molar refractivity (Wildman–Crippen MR) is 75.8 cm³/mol. The predicted octanol–water partition coefficient (Wildman–Crippen LogP) is 0.731. The van der Waals surface area contributed by atoms with Gasteiger partial charge in [-0.25, -0.2) is 0 Å². The standard InChI is InChI=1S/C15H13N3O3/c16-8-10-9-17-5-6-18(10)15(20)14-7-12(19)11-3-1-2-4-13(11)21-14/h1-4,7,10,17H,5-6,9H2. The van der Waals surface area contributed by atoms with Gasteiger partial charge in [0.25, 0.3) is 5.91 Å². The van der Waals surface area contributed by atoms with E-state index in [1.165, 1.54) is 11.0 Å². The first kappa shape index (κ1) is 13.3. The molecule has 3 rings (SSSR count). The Kier molecular flexibility index (Phi) is 3.42. The summed E-state index contributed by atoms with van der Waals surface area (Å²) in [6.07, 6.45) is 0. The normalized spacial score (nSPS) is 18.4. The Hall–Kier alpha value is -2.65. The van der Waals surface area contributed by atoms with Gasteiger partial charge < -0.3 is 14.6 Å². The summed E-state index contributed by atoms with van der Waals surface area (Å²) in [5, 5.41) is 12.6. The summed E-state index contributed by atoms with van der Waals surface area (Å²) in [5.74, 6) is -0.452. The minimum absolute atomic E-state index is 0.0270. The van der Waals surface area contributed by atoms with Gasteiger partial charge in [-0.15, -0.1) is 0 Å². The number of fused-ring (bicyclic) bond motifs is 1. The van der Waals surface area contributed by atoms with Crippen LogP contribution in [0.15, 0.2) is 39.5 Å². The Bertz CT molecular complexity index is 791. The molecule has 1 amide bonds. The minimum Gasteiger partial charge on any atom is -0.451 e. The Morgan fingerprint density at radius 3 is 3.05 bits per heavy atom. The van der Waals surface area contributed by atoms with Gasteiger partial charge in [-0.3, -0.25) is 9.59 Å². The highest BCUT2D eigenvalue weighted by molar-refractivity contribution is 5.93. The fraction of sp³-hybridized carbons (Fsp3) is 0.267. The third-order valence-electron chi connectivity index (χ3n) is 3.50. The fourth-order valence-corrected chi connectivity index (χ4v) is 2.41. The Morgan fingerprint density at radius 2 is 2.24 bits per heavy atom. The van der Waals surface area contributed by atoms with Gasteiger partial charge in [0.2, 0.25) is 0 Å². The number of amides is 1. The van der Waals surface area contributed by atoms with E-state index in [0.29, 0.717) is 30.6 Å². The molecule has 0 spiro atoms. The second-order valence-electron chi connectivity index (χ2n) is 4.82. The minimum atomic E-state index is -0.553. The number of hydrogen-bond donors (Lipinski definition) is 1. The zero-order chi connectivity index (χ0) is 14.8. The lowest BCUT2D eigenvalue weighted by molar-refractivity contribution is 0.0655. The van der Waals surface area contributed by atoms with E-state index in [-0.39, 0.29) is 11.2 Å². The van der Waals surface area contributed by atoms with E-state index in [4.69, 9.17) is 9.68 Å². The highest BCUT2D eigenvalue weighted by Gasteiger charge is 2.29. The van der Waals surface area contributed by atoms with Gasteiger partial charge in [-0.1, -0.05) is 12.1 Å². The van der Waals surface area contributed by atoms with Crippen LogP contribution in [0.25, 0.3) is 11.0 Å².